The number of anilines is 1. The summed E-state index contributed by atoms with van der Waals surface area (Å²) >= 11 is 5.99. The maximum absolute atomic E-state index is 13.6. The van der Waals surface area contributed by atoms with Gasteiger partial charge in [-0.3, -0.25) is 13.9 Å². The van der Waals surface area contributed by atoms with E-state index < -0.39 is 28.5 Å². The van der Waals surface area contributed by atoms with Crippen LogP contribution in [-0.2, 0) is 26.2 Å². The van der Waals surface area contributed by atoms with E-state index in [1.165, 1.54) is 4.90 Å². The first-order valence-corrected chi connectivity index (χ1v) is 13.8. The molecule has 0 aromatic heterocycles. The third kappa shape index (κ3) is 8.43. The molecule has 8 nitrogen and oxygen atoms in total. The number of unbranched alkanes of at least 4 members (excludes halogenated alkanes) is 1. The van der Waals surface area contributed by atoms with Crippen molar-refractivity contribution in [1.29, 1.82) is 0 Å². The second-order valence-corrected chi connectivity index (χ2v) is 10.5. The van der Waals surface area contributed by atoms with Crippen LogP contribution in [0.5, 0.6) is 5.75 Å². The van der Waals surface area contributed by atoms with Gasteiger partial charge in [-0.15, -0.1) is 0 Å². The van der Waals surface area contributed by atoms with Gasteiger partial charge < -0.3 is 15.0 Å². The number of hydrogen-bond acceptors (Lipinski definition) is 5. The van der Waals surface area contributed by atoms with Gasteiger partial charge in [0, 0.05) is 18.1 Å². The number of nitrogens with one attached hydrogen (secondary N) is 1. The summed E-state index contributed by atoms with van der Waals surface area (Å²) in [4.78, 5) is 27.8. The Balaban J connectivity index is 2.38. The van der Waals surface area contributed by atoms with Crippen molar-refractivity contribution in [2.24, 2.45) is 0 Å². The smallest absolute Gasteiger partial charge is 0.244 e. The Morgan fingerprint density at radius 1 is 1.09 bits per heavy atom. The van der Waals surface area contributed by atoms with E-state index in [1.54, 1.807) is 62.4 Å². The van der Waals surface area contributed by atoms with Crippen molar-refractivity contribution in [2.75, 3.05) is 30.3 Å². The maximum Gasteiger partial charge on any atom is 0.244 e. The molecule has 1 N–H and O–H groups in total. The summed E-state index contributed by atoms with van der Waals surface area (Å²) < 4.78 is 32.1. The second kappa shape index (κ2) is 13.3. The minimum atomic E-state index is -3.84. The zero-order valence-corrected chi connectivity index (χ0v) is 22.2. The van der Waals surface area contributed by atoms with Crippen LogP contribution in [-0.4, -0.2) is 57.1 Å². The molecule has 35 heavy (non-hydrogen) atoms. The van der Waals surface area contributed by atoms with Crippen molar-refractivity contribution in [1.82, 2.24) is 10.2 Å². The van der Waals surface area contributed by atoms with Gasteiger partial charge in [0.05, 0.1) is 18.6 Å². The van der Waals surface area contributed by atoms with Crippen molar-refractivity contribution in [3.8, 4) is 5.75 Å². The fourth-order valence-corrected chi connectivity index (χ4v) is 4.42. The van der Waals surface area contributed by atoms with Crippen LogP contribution in [0.2, 0.25) is 5.02 Å². The second-order valence-electron chi connectivity index (χ2n) is 8.14. The van der Waals surface area contributed by atoms with Gasteiger partial charge in [-0.05, 0) is 50.1 Å². The highest BCUT2D eigenvalue weighted by atomic mass is 35.5. The standard InChI is InChI=1S/C25H34ClN3O5S/c1-5-7-16-27-25(31)19(3)28(17-20-12-14-21(26)15-13-20)24(30)18-29(35(4,32)33)22-10-8-9-11-23(22)34-6-2/h8-15,19H,5-7,16-18H2,1-4H3,(H,27,31)/t19-/m0/s1. The van der Waals surface area contributed by atoms with Crippen LogP contribution < -0.4 is 14.4 Å². The lowest BCUT2D eigenvalue weighted by Crippen LogP contribution is -2.51. The molecule has 2 aromatic rings. The Morgan fingerprint density at radius 3 is 2.34 bits per heavy atom. The molecule has 2 amide bonds. The van der Waals surface area contributed by atoms with Gasteiger partial charge in [0.15, 0.2) is 0 Å². The topological polar surface area (TPSA) is 96.0 Å². The number of carbonyl (C=O) groups excluding carboxylic acids is 2. The third-order valence-corrected chi connectivity index (χ3v) is 6.75. The average Bonchev–Trinajstić information content (AvgIpc) is 2.81. The molecular formula is C25H34ClN3O5S. The lowest BCUT2D eigenvalue weighted by atomic mass is 10.1. The first-order valence-electron chi connectivity index (χ1n) is 11.6. The van der Waals surface area contributed by atoms with Crippen molar-refractivity contribution in [3.63, 3.8) is 0 Å². The normalized spacial score (nSPS) is 12.0. The zero-order valence-electron chi connectivity index (χ0n) is 20.7. The first-order chi connectivity index (χ1) is 16.6. The van der Waals surface area contributed by atoms with E-state index in [0.29, 0.717) is 23.9 Å². The third-order valence-electron chi connectivity index (χ3n) is 5.38. The van der Waals surface area contributed by atoms with Crippen LogP contribution in [0.3, 0.4) is 0 Å². The minimum absolute atomic E-state index is 0.114. The number of rotatable bonds is 13. The van der Waals surface area contributed by atoms with E-state index in [0.717, 1.165) is 29.0 Å². The highest BCUT2D eigenvalue weighted by molar-refractivity contribution is 7.92. The summed E-state index contributed by atoms with van der Waals surface area (Å²) in [5, 5.41) is 3.40. The van der Waals surface area contributed by atoms with Gasteiger partial charge in [0.1, 0.15) is 18.3 Å². The van der Waals surface area contributed by atoms with Crippen molar-refractivity contribution in [2.45, 2.75) is 46.2 Å². The van der Waals surface area contributed by atoms with Gasteiger partial charge in [0.2, 0.25) is 21.8 Å². The zero-order chi connectivity index (χ0) is 26.0. The van der Waals surface area contributed by atoms with Gasteiger partial charge >= 0.3 is 0 Å². The van der Waals surface area contributed by atoms with Gasteiger partial charge in [-0.1, -0.05) is 49.2 Å². The summed E-state index contributed by atoms with van der Waals surface area (Å²) in [6.45, 7) is 5.91. The van der Waals surface area contributed by atoms with Crippen LogP contribution in [0, 0.1) is 0 Å². The van der Waals surface area contributed by atoms with Crippen LogP contribution in [0.15, 0.2) is 48.5 Å². The minimum Gasteiger partial charge on any atom is -0.492 e. The highest BCUT2D eigenvalue weighted by Crippen LogP contribution is 2.30. The molecule has 2 rings (SSSR count). The number of benzene rings is 2. The number of nitrogens with zero attached hydrogens (tertiary/aromatic N) is 2. The summed E-state index contributed by atoms with van der Waals surface area (Å²) in [5.74, 6) is -0.473. The predicted molar refractivity (Wildman–Crippen MR) is 139 cm³/mol. The van der Waals surface area contributed by atoms with E-state index >= 15 is 0 Å². The molecule has 0 aliphatic carbocycles. The molecular weight excluding hydrogens is 490 g/mol. The van der Waals surface area contributed by atoms with E-state index in [-0.39, 0.29) is 18.1 Å². The average molecular weight is 524 g/mol. The van der Waals surface area contributed by atoms with Crippen molar-refractivity contribution >= 4 is 39.1 Å². The number of halogens is 1. The van der Waals surface area contributed by atoms with E-state index in [2.05, 4.69) is 5.32 Å². The number of carbonyl (C=O) groups is 2. The Kier molecular flexibility index (Phi) is 10.9. The molecule has 1 atom stereocenters. The highest BCUT2D eigenvalue weighted by Gasteiger charge is 2.31. The van der Waals surface area contributed by atoms with E-state index in [4.69, 9.17) is 16.3 Å². The van der Waals surface area contributed by atoms with Crippen LogP contribution in [0.4, 0.5) is 5.69 Å². The Morgan fingerprint density at radius 2 is 1.74 bits per heavy atom. The molecule has 0 aliphatic heterocycles. The molecule has 0 radical (unpaired) electrons. The Hall–Kier alpha value is -2.78. The summed E-state index contributed by atoms with van der Waals surface area (Å²) in [5.41, 5.74) is 1.02. The SMILES string of the molecule is CCCCNC(=O)[C@H](C)N(Cc1ccc(Cl)cc1)C(=O)CN(c1ccccc1OCC)S(C)(=O)=O. The van der Waals surface area contributed by atoms with E-state index in [9.17, 15) is 18.0 Å². The van der Waals surface area contributed by atoms with Gasteiger partial charge in [0.25, 0.3) is 0 Å². The van der Waals surface area contributed by atoms with Crippen molar-refractivity contribution in [3.05, 3.63) is 59.1 Å². The van der Waals surface area contributed by atoms with Crippen LogP contribution in [0.1, 0.15) is 39.2 Å². The van der Waals surface area contributed by atoms with Crippen LogP contribution in [0.25, 0.3) is 0 Å². The van der Waals surface area contributed by atoms with Crippen molar-refractivity contribution < 1.29 is 22.7 Å². The monoisotopic (exact) mass is 523 g/mol. The molecule has 0 aliphatic rings. The lowest BCUT2D eigenvalue weighted by Gasteiger charge is -2.32. The number of amides is 2. The van der Waals surface area contributed by atoms with E-state index in [1.807, 2.05) is 6.92 Å². The fourth-order valence-electron chi connectivity index (χ4n) is 3.44. The molecule has 0 saturated heterocycles. The Labute approximate surface area is 213 Å². The van der Waals surface area contributed by atoms with Gasteiger partial charge in [-0.25, -0.2) is 8.42 Å². The molecule has 0 spiro atoms. The summed E-state index contributed by atoms with van der Waals surface area (Å²) in [6, 6.07) is 12.8. The number of hydrogen-bond donors (Lipinski definition) is 1. The molecule has 0 unspecified atom stereocenters. The molecule has 0 heterocycles. The largest absolute Gasteiger partial charge is 0.492 e. The lowest BCUT2D eigenvalue weighted by molar-refractivity contribution is -0.139. The number of sulfonamides is 1. The van der Waals surface area contributed by atoms with Crippen LogP contribution >= 0.6 is 11.6 Å². The quantitative estimate of drug-likeness (QED) is 0.402. The molecule has 192 valence electrons. The fraction of sp³-hybridized carbons (Fsp3) is 0.440. The first kappa shape index (κ1) is 28.5. The number of ether oxygens (including phenoxy) is 1. The predicted octanol–water partition coefficient (Wildman–Crippen LogP) is 3.84. The molecule has 0 bridgehead atoms. The van der Waals surface area contributed by atoms with Gasteiger partial charge in [-0.2, -0.15) is 0 Å². The molecule has 10 heteroatoms. The summed E-state index contributed by atoms with van der Waals surface area (Å²) in [6.07, 6.45) is 2.78. The number of para-hydroxylation sites is 2. The molecule has 0 saturated carbocycles. The molecule has 0 fully saturated rings. The summed E-state index contributed by atoms with van der Waals surface area (Å²) in [7, 11) is -3.84. The molecule has 2 aromatic carbocycles. The maximum atomic E-state index is 13.6. The Bertz CT molecular complexity index is 1090.